The van der Waals surface area contributed by atoms with E-state index in [9.17, 15) is 4.79 Å². The number of nitrogens with one attached hydrogen (secondary N) is 3. The number of hydrogen-bond acceptors (Lipinski definition) is 3. The second-order valence-corrected chi connectivity index (χ2v) is 4.47. The van der Waals surface area contributed by atoms with Crippen LogP contribution in [0.5, 0.6) is 0 Å². The molecule has 21 heavy (non-hydrogen) atoms. The maximum Gasteiger partial charge on any atom is 0.287 e. The monoisotopic (exact) mass is 292 g/mol. The molecule has 3 N–H and O–H groups in total. The average molecular weight is 292 g/mol. The molecule has 0 aliphatic rings. The molecule has 0 spiro atoms. The SMILES string of the molecule is C=CCNC(=NCCCNC(=O)c1occc1C)NCC. The second kappa shape index (κ2) is 9.63. The molecule has 6 heteroatoms. The van der Waals surface area contributed by atoms with E-state index < -0.39 is 0 Å². The summed E-state index contributed by atoms with van der Waals surface area (Å²) in [4.78, 5) is 16.2. The molecule has 1 amide bonds. The lowest BCUT2D eigenvalue weighted by Crippen LogP contribution is -2.37. The third kappa shape index (κ3) is 6.16. The van der Waals surface area contributed by atoms with E-state index in [0.29, 0.717) is 25.4 Å². The predicted molar refractivity (Wildman–Crippen MR) is 84.6 cm³/mol. The van der Waals surface area contributed by atoms with Crippen molar-refractivity contribution in [3.05, 3.63) is 36.3 Å². The molecule has 0 unspecified atom stereocenters. The standard InChI is InChI=1S/C15H24N4O2/c1-4-8-18-15(16-5-2)19-10-6-9-17-14(20)13-12(3)7-11-21-13/h4,7,11H,1,5-6,8-10H2,2-3H3,(H,17,20)(H2,16,18,19). The Morgan fingerprint density at radius 1 is 1.43 bits per heavy atom. The van der Waals surface area contributed by atoms with E-state index in [1.54, 1.807) is 12.1 Å². The fourth-order valence-corrected chi connectivity index (χ4v) is 1.67. The highest BCUT2D eigenvalue weighted by Crippen LogP contribution is 2.07. The van der Waals surface area contributed by atoms with Crippen molar-refractivity contribution in [1.29, 1.82) is 0 Å². The molecule has 0 fully saturated rings. The van der Waals surface area contributed by atoms with Gasteiger partial charge in [0.25, 0.3) is 5.91 Å². The van der Waals surface area contributed by atoms with Crippen LogP contribution < -0.4 is 16.0 Å². The highest BCUT2D eigenvalue weighted by Gasteiger charge is 2.11. The van der Waals surface area contributed by atoms with Crippen LogP contribution in [0.1, 0.15) is 29.5 Å². The normalized spacial score (nSPS) is 11.0. The number of nitrogens with zero attached hydrogens (tertiary/aromatic N) is 1. The quantitative estimate of drug-likeness (QED) is 0.293. The Labute approximate surface area is 125 Å². The molecular formula is C15H24N4O2. The summed E-state index contributed by atoms with van der Waals surface area (Å²) in [5.74, 6) is 0.947. The number of aliphatic imine (C=N–C) groups is 1. The maximum absolute atomic E-state index is 11.8. The first-order chi connectivity index (χ1) is 10.2. The van der Waals surface area contributed by atoms with Crippen molar-refractivity contribution in [3.8, 4) is 0 Å². The Kier molecular flexibility index (Phi) is 7.71. The van der Waals surface area contributed by atoms with Crippen molar-refractivity contribution >= 4 is 11.9 Å². The zero-order valence-corrected chi connectivity index (χ0v) is 12.7. The first-order valence-electron chi connectivity index (χ1n) is 7.14. The summed E-state index contributed by atoms with van der Waals surface area (Å²) in [6.45, 7) is 10.2. The summed E-state index contributed by atoms with van der Waals surface area (Å²) in [6, 6.07) is 1.77. The van der Waals surface area contributed by atoms with E-state index >= 15 is 0 Å². The zero-order valence-electron chi connectivity index (χ0n) is 12.7. The summed E-state index contributed by atoms with van der Waals surface area (Å²) in [5, 5.41) is 9.07. The van der Waals surface area contributed by atoms with E-state index in [-0.39, 0.29) is 5.91 Å². The maximum atomic E-state index is 11.8. The fourth-order valence-electron chi connectivity index (χ4n) is 1.67. The van der Waals surface area contributed by atoms with Crippen LogP contribution in [0.25, 0.3) is 0 Å². The van der Waals surface area contributed by atoms with Crippen molar-refractivity contribution in [1.82, 2.24) is 16.0 Å². The molecule has 116 valence electrons. The first kappa shape index (κ1) is 16.8. The molecule has 1 aromatic heterocycles. The number of rotatable bonds is 8. The van der Waals surface area contributed by atoms with Gasteiger partial charge >= 0.3 is 0 Å². The van der Waals surface area contributed by atoms with E-state index in [2.05, 4.69) is 27.5 Å². The van der Waals surface area contributed by atoms with Gasteiger partial charge in [-0.1, -0.05) is 6.08 Å². The van der Waals surface area contributed by atoms with Gasteiger partial charge in [-0.3, -0.25) is 9.79 Å². The summed E-state index contributed by atoms with van der Waals surface area (Å²) >= 11 is 0. The average Bonchev–Trinajstić information content (AvgIpc) is 2.90. The number of furan rings is 1. The molecule has 0 aromatic carbocycles. The van der Waals surface area contributed by atoms with Gasteiger partial charge in [0.05, 0.1) is 6.26 Å². The summed E-state index contributed by atoms with van der Waals surface area (Å²) in [5.41, 5.74) is 0.841. The van der Waals surface area contributed by atoms with Crippen LogP contribution >= 0.6 is 0 Å². The predicted octanol–water partition coefficient (Wildman–Crippen LogP) is 1.45. The molecule has 0 atom stereocenters. The Hall–Kier alpha value is -2.24. The van der Waals surface area contributed by atoms with Gasteiger partial charge in [0.15, 0.2) is 11.7 Å². The van der Waals surface area contributed by atoms with Crippen LogP contribution in [0.3, 0.4) is 0 Å². The molecule has 6 nitrogen and oxygen atoms in total. The molecule has 0 aliphatic heterocycles. The van der Waals surface area contributed by atoms with Gasteiger partial charge in [-0.25, -0.2) is 0 Å². The lowest BCUT2D eigenvalue weighted by molar-refractivity contribution is 0.0925. The topological polar surface area (TPSA) is 78.7 Å². The number of carbonyl (C=O) groups is 1. The van der Waals surface area contributed by atoms with Gasteiger partial charge in [0.1, 0.15) is 0 Å². The third-order valence-electron chi connectivity index (χ3n) is 2.72. The molecule has 0 aliphatic carbocycles. The van der Waals surface area contributed by atoms with Crippen LogP contribution in [0, 0.1) is 6.92 Å². The van der Waals surface area contributed by atoms with Gasteiger partial charge in [-0.2, -0.15) is 0 Å². The van der Waals surface area contributed by atoms with Crippen molar-refractivity contribution < 1.29 is 9.21 Å². The molecule has 1 heterocycles. The molecule has 1 rings (SSSR count). The second-order valence-electron chi connectivity index (χ2n) is 4.47. The van der Waals surface area contributed by atoms with Crippen LogP contribution in [0.4, 0.5) is 0 Å². The van der Waals surface area contributed by atoms with Crippen molar-refractivity contribution in [2.24, 2.45) is 4.99 Å². The number of hydrogen-bond donors (Lipinski definition) is 3. The Morgan fingerprint density at radius 2 is 2.24 bits per heavy atom. The lowest BCUT2D eigenvalue weighted by Gasteiger charge is -2.09. The van der Waals surface area contributed by atoms with Gasteiger partial charge in [-0.05, 0) is 26.3 Å². The van der Waals surface area contributed by atoms with Crippen LogP contribution in [0.2, 0.25) is 0 Å². The van der Waals surface area contributed by atoms with Gasteiger partial charge in [0, 0.05) is 31.7 Å². The Bertz CT molecular complexity index is 480. The lowest BCUT2D eigenvalue weighted by atomic mass is 10.2. The zero-order chi connectivity index (χ0) is 15.5. The van der Waals surface area contributed by atoms with Crippen LogP contribution in [-0.4, -0.2) is 38.0 Å². The third-order valence-corrected chi connectivity index (χ3v) is 2.72. The highest BCUT2D eigenvalue weighted by molar-refractivity contribution is 5.92. The smallest absolute Gasteiger partial charge is 0.287 e. The van der Waals surface area contributed by atoms with E-state index in [1.807, 2.05) is 13.8 Å². The van der Waals surface area contributed by atoms with Crippen LogP contribution in [-0.2, 0) is 0 Å². The number of aryl methyl sites for hydroxylation is 1. The van der Waals surface area contributed by atoms with Gasteiger partial charge in [0.2, 0.25) is 0 Å². The minimum Gasteiger partial charge on any atom is -0.459 e. The Balaban J connectivity index is 2.27. The minimum atomic E-state index is -0.182. The van der Waals surface area contributed by atoms with Crippen molar-refractivity contribution in [2.45, 2.75) is 20.3 Å². The number of amides is 1. The van der Waals surface area contributed by atoms with Crippen LogP contribution in [0.15, 0.2) is 34.4 Å². The first-order valence-corrected chi connectivity index (χ1v) is 7.14. The Morgan fingerprint density at radius 3 is 2.86 bits per heavy atom. The molecule has 1 aromatic rings. The number of carbonyl (C=O) groups excluding carboxylic acids is 1. The molecule has 0 bridgehead atoms. The van der Waals surface area contributed by atoms with Crippen molar-refractivity contribution in [2.75, 3.05) is 26.2 Å². The fraction of sp³-hybridized carbons (Fsp3) is 0.467. The summed E-state index contributed by atoms with van der Waals surface area (Å²) in [7, 11) is 0. The minimum absolute atomic E-state index is 0.182. The molecule has 0 saturated heterocycles. The van der Waals surface area contributed by atoms with E-state index in [0.717, 1.165) is 24.5 Å². The van der Waals surface area contributed by atoms with E-state index in [4.69, 9.17) is 4.42 Å². The summed E-state index contributed by atoms with van der Waals surface area (Å²) in [6.07, 6.45) is 4.05. The molecule has 0 saturated carbocycles. The van der Waals surface area contributed by atoms with Gasteiger partial charge < -0.3 is 20.4 Å². The summed E-state index contributed by atoms with van der Waals surface area (Å²) < 4.78 is 5.13. The highest BCUT2D eigenvalue weighted by atomic mass is 16.3. The largest absolute Gasteiger partial charge is 0.459 e. The van der Waals surface area contributed by atoms with E-state index in [1.165, 1.54) is 6.26 Å². The molecule has 0 radical (unpaired) electrons. The van der Waals surface area contributed by atoms with Crippen molar-refractivity contribution in [3.63, 3.8) is 0 Å². The molecular weight excluding hydrogens is 268 g/mol. The van der Waals surface area contributed by atoms with Gasteiger partial charge in [-0.15, -0.1) is 6.58 Å². The number of guanidine groups is 1.